The molecule has 17 heavy (non-hydrogen) atoms. The third kappa shape index (κ3) is 5.64. The second-order valence-corrected chi connectivity index (χ2v) is 5.93. The number of amides is 1. The van der Waals surface area contributed by atoms with E-state index in [1.165, 1.54) is 0 Å². The summed E-state index contributed by atoms with van der Waals surface area (Å²) in [6.45, 7) is 0.916. The van der Waals surface area contributed by atoms with Crippen LogP contribution in [0.4, 0.5) is 0 Å². The molecule has 7 nitrogen and oxygen atoms in total. The average molecular weight is 265 g/mol. The van der Waals surface area contributed by atoms with Crippen LogP contribution in [0.3, 0.4) is 0 Å². The third-order valence-electron chi connectivity index (χ3n) is 2.25. The summed E-state index contributed by atoms with van der Waals surface area (Å²) in [6, 6.07) is 0. The molecule has 2 N–H and O–H groups in total. The van der Waals surface area contributed by atoms with Gasteiger partial charge in [-0.1, -0.05) is 0 Å². The summed E-state index contributed by atoms with van der Waals surface area (Å²) in [5.74, 6) is -3.98. The fraction of sp³-hybridized carbons (Fsp3) is 0.778. The summed E-state index contributed by atoms with van der Waals surface area (Å²) in [5.41, 5.74) is 0. The van der Waals surface area contributed by atoms with Crippen LogP contribution in [-0.2, 0) is 24.2 Å². The third-order valence-corrected chi connectivity index (χ3v) is 3.63. The van der Waals surface area contributed by atoms with Gasteiger partial charge >= 0.3 is 5.97 Å². The van der Waals surface area contributed by atoms with Gasteiger partial charge in [-0.25, -0.2) is 8.42 Å². The maximum atomic E-state index is 11.3. The highest BCUT2D eigenvalue weighted by atomic mass is 32.2. The molecule has 1 amide bonds. The van der Waals surface area contributed by atoms with E-state index >= 15 is 0 Å². The number of hydrogen-bond donors (Lipinski definition) is 2. The molecule has 1 aliphatic rings. The molecule has 0 aromatic carbocycles. The summed E-state index contributed by atoms with van der Waals surface area (Å²) >= 11 is 0. The highest BCUT2D eigenvalue weighted by Gasteiger charge is 2.21. The van der Waals surface area contributed by atoms with Crippen LogP contribution in [0.5, 0.6) is 0 Å². The Morgan fingerprint density at radius 3 is 2.59 bits per heavy atom. The van der Waals surface area contributed by atoms with E-state index in [9.17, 15) is 18.0 Å². The number of carbonyl (C=O) groups is 2. The van der Waals surface area contributed by atoms with Crippen molar-refractivity contribution in [2.24, 2.45) is 0 Å². The van der Waals surface area contributed by atoms with Gasteiger partial charge in [0.1, 0.15) is 11.5 Å². The predicted octanol–water partition coefficient (Wildman–Crippen LogP) is -1.22. The monoisotopic (exact) mass is 265 g/mol. The van der Waals surface area contributed by atoms with Gasteiger partial charge in [0.2, 0.25) is 5.91 Å². The first-order chi connectivity index (χ1) is 7.89. The van der Waals surface area contributed by atoms with Crippen LogP contribution in [0.1, 0.15) is 12.8 Å². The molecule has 0 spiro atoms. The van der Waals surface area contributed by atoms with Crippen LogP contribution in [-0.4, -0.2) is 56.2 Å². The first-order valence-electron chi connectivity index (χ1n) is 5.19. The molecule has 0 bridgehead atoms. The number of carbonyl (C=O) groups excluding carboxylic acids is 1. The van der Waals surface area contributed by atoms with Crippen LogP contribution in [0.15, 0.2) is 0 Å². The minimum absolute atomic E-state index is 0.0684. The van der Waals surface area contributed by atoms with Crippen molar-refractivity contribution in [2.45, 2.75) is 18.9 Å². The molecule has 0 radical (unpaired) electrons. The number of carboxylic acids is 1. The number of carboxylic acid groups (broad SMARTS) is 1. The van der Waals surface area contributed by atoms with Gasteiger partial charge in [0, 0.05) is 13.2 Å². The van der Waals surface area contributed by atoms with E-state index in [1.54, 1.807) is 0 Å². The van der Waals surface area contributed by atoms with Crippen molar-refractivity contribution in [1.82, 2.24) is 5.32 Å². The van der Waals surface area contributed by atoms with Gasteiger partial charge in [0.25, 0.3) is 0 Å². The molecule has 8 heteroatoms. The van der Waals surface area contributed by atoms with E-state index in [0.29, 0.717) is 6.61 Å². The van der Waals surface area contributed by atoms with Gasteiger partial charge < -0.3 is 15.2 Å². The second-order valence-electron chi connectivity index (χ2n) is 3.87. The van der Waals surface area contributed by atoms with Crippen LogP contribution in [0, 0.1) is 0 Å². The molecule has 98 valence electrons. The molecule has 1 fully saturated rings. The highest BCUT2D eigenvalue weighted by molar-refractivity contribution is 7.92. The standard InChI is InChI=1S/C9H15NO6S/c11-8(5-17(14,15)6-9(12)13)10-4-7-2-1-3-16-7/h7H,1-6H2,(H,10,11)(H,12,13). The fourth-order valence-corrected chi connectivity index (χ4v) is 2.50. The van der Waals surface area contributed by atoms with Crippen molar-refractivity contribution in [3.8, 4) is 0 Å². The highest BCUT2D eigenvalue weighted by Crippen LogP contribution is 2.10. The molecule has 1 rings (SSSR count). The van der Waals surface area contributed by atoms with Crippen LogP contribution >= 0.6 is 0 Å². The lowest BCUT2D eigenvalue weighted by Gasteiger charge is -2.10. The maximum Gasteiger partial charge on any atom is 0.318 e. The molecule has 0 saturated carbocycles. The zero-order valence-electron chi connectivity index (χ0n) is 9.22. The van der Waals surface area contributed by atoms with Crippen molar-refractivity contribution in [2.75, 3.05) is 24.7 Å². The van der Waals surface area contributed by atoms with Crippen molar-refractivity contribution in [3.05, 3.63) is 0 Å². The van der Waals surface area contributed by atoms with E-state index in [0.717, 1.165) is 12.8 Å². The largest absolute Gasteiger partial charge is 0.480 e. The van der Waals surface area contributed by atoms with E-state index < -0.39 is 33.2 Å². The first kappa shape index (κ1) is 13.9. The van der Waals surface area contributed by atoms with Gasteiger partial charge in [-0.2, -0.15) is 0 Å². The zero-order chi connectivity index (χ0) is 12.9. The Bertz CT molecular complexity index is 384. The van der Waals surface area contributed by atoms with Gasteiger partial charge in [0.05, 0.1) is 6.10 Å². The number of rotatable bonds is 6. The lowest BCUT2D eigenvalue weighted by atomic mass is 10.2. The number of sulfone groups is 1. The molecular weight excluding hydrogens is 250 g/mol. The number of ether oxygens (including phenoxy) is 1. The SMILES string of the molecule is O=C(O)CS(=O)(=O)CC(=O)NCC1CCCO1. The van der Waals surface area contributed by atoms with E-state index in [1.807, 2.05) is 0 Å². The zero-order valence-corrected chi connectivity index (χ0v) is 10.0. The summed E-state index contributed by atoms with van der Waals surface area (Å²) in [6.07, 6.45) is 1.70. The minimum Gasteiger partial charge on any atom is -0.480 e. The molecule has 1 heterocycles. The lowest BCUT2D eigenvalue weighted by Crippen LogP contribution is -2.37. The fourth-order valence-electron chi connectivity index (χ4n) is 1.52. The normalized spacial score (nSPS) is 20.1. The van der Waals surface area contributed by atoms with Gasteiger partial charge in [-0.15, -0.1) is 0 Å². The van der Waals surface area contributed by atoms with Crippen LogP contribution in [0.2, 0.25) is 0 Å². The summed E-state index contributed by atoms with van der Waals surface area (Å²) in [7, 11) is -3.88. The van der Waals surface area contributed by atoms with Crippen molar-refractivity contribution < 1.29 is 27.9 Å². The quantitative estimate of drug-likeness (QED) is 0.623. The van der Waals surface area contributed by atoms with Gasteiger partial charge in [-0.3, -0.25) is 9.59 Å². The molecular formula is C9H15NO6S. The smallest absolute Gasteiger partial charge is 0.318 e. The Morgan fingerprint density at radius 1 is 1.35 bits per heavy atom. The molecule has 1 atom stereocenters. The van der Waals surface area contributed by atoms with Crippen LogP contribution in [0.25, 0.3) is 0 Å². The van der Waals surface area contributed by atoms with Gasteiger partial charge in [0.15, 0.2) is 9.84 Å². The molecule has 1 saturated heterocycles. The Morgan fingerprint density at radius 2 is 2.06 bits per heavy atom. The van der Waals surface area contributed by atoms with Crippen LogP contribution < -0.4 is 5.32 Å². The number of nitrogens with one attached hydrogen (secondary N) is 1. The predicted molar refractivity (Wildman–Crippen MR) is 58.3 cm³/mol. The Kier molecular flexibility index (Phi) is 4.88. The summed E-state index contributed by atoms with van der Waals surface area (Å²) < 4.78 is 27.6. The molecule has 1 unspecified atom stereocenters. The molecule has 0 aromatic heterocycles. The molecule has 0 aliphatic carbocycles. The van der Waals surface area contributed by atoms with E-state index in [-0.39, 0.29) is 12.6 Å². The Labute approximate surface area is 99.1 Å². The Hall–Kier alpha value is -1.15. The van der Waals surface area contributed by atoms with Crippen molar-refractivity contribution >= 4 is 21.7 Å². The molecule has 0 aromatic rings. The number of hydrogen-bond acceptors (Lipinski definition) is 5. The minimum atomic E-state index is -3.88. The summed E-state index contributed by atoms with van der Waals surface area (Å²) in [4.78, 5) is 21.5. The second kappa shape index (κ2) is 5.97. The average Bonchev–Trinajstić information content (AvgIpc) is 2.63. The first-order valence-corrected chi connectivity index (χ1v) is 7.02. The van der Waals surface area contributed by atoms with E-state index in [2.05, 4.69) is 5.32 Å². The lowest BCUT2D eigenvalue weighted by molar-refractivity contribution is -0.134. The van der Waals surface area contributed by atoms with Crippen molar-refractivity contribution in [1.29, 1.82) is 0 Å². The summed E-state index contributed by atoms with van der Waals surface area (Å²) in [5, 5.41) is 10.8. The Balaban J connectivity index is 2.30. The van der Waals surface area contributed by atoms with Crippen molar-refractivity contribution in [3.63, 3.8) is 0 Å². The van der Waals surface area contributed by atoms with Gasteiger partial charge in [-0.05, 0) is 12.8 Å². The maximum absolute atomic E-state index is 11.3. The topological polar surface area (TPSA) is 110 Å². The number of aliphatic carboxylic acids is 1. The van der Waals surface area contributed by atoms with E-state index in [4.69, 9.17) is 9.84 Å². The molecule has 1 aliphatic heterocycles.